The predicted octanol–water partition coefficient (Wildman–Crippen LogP) is 7.38. The van der Waals surface area contributed by atoms with Gasteiger partial charge in [-0.2, -0.15) is 0 Å². The molecule has 0 aromatic heterocycles. The maximum absolute atomic E-state index is 13.0. The Kier molecular flexibility index (Phi) is 10.6. The summed E-state index contributed by atoms with van der Waals surface area (Å²) >= 11 is 2.25. The van der Waals surface area contributed by atoms with Gasteiger partial charge in [-0.05, 0) is 71.3 Å². The summed E-state index contributed by atoms with van der Waals surface area (Å²) in [6, 6.07) is 17.8. The molecule has 1 saturated carbocycles. The van der Waals surface area contributed by atoms with E-state index >= 15 is 0 Å². The monoisotopic (exact) mass is 616 g/mol. The molecule has 1 aliphatic carbocycles. The summed E-state index contributed by atoms with van der Waals surface area (Å²) in [6.07, 6.45) is 8.07. The maximum Gasteiger partial charge on any atom is 0.338 e. The van der Waals surface area contributed by atoms with Crippen molar-refractivity contribution in [3.8, 4) is 11.1 Å². The topological polar surface area (TPSA) is 61.8 Å². The van der Waals surface area contributed by atoms with Crippen molar-refractivity contribution in [3.63, 3.8) is 0 Å². The Morgan fingerprint density at radius 3 is 2.54 bits per heavy atom. The van der Waals surface area contributed by atoms with Crippen LogP contribution in [0, 0.1) is 17.8 Å². The zero-order chi connectivity index (χ0) is 26.0. The molecule has 0 bridgehead atoms. The number of fused-ring (bicyclic) bond motifs is 1. The van der Waals surface area contributed by atoms with E-state index < -0.39 is 0 Å². The minimum Gasteiger partial charge on any atom is -0.466 e. The second-order valence-electron chi connectivity index (χ2n) is 10.1. The van der Waals surface area contributed by atoms with Gasteiger partial charge in [-0.15, -0.1) is 0 Å². The molecule has 1 aliphatic heterocycles. The van der Waals surface area contributed by atoms with Gasteiger partial charge in [-0.3, -0.25) is 4.79 Å². The SMILES string of the molecule is CCCOC(=O)CCCC1CCC2C(CC(OC(=O)c3ccc(-c4ccccc4)cc3)C2C=CI)OC1. The molecule has 2 aliphatic rings. The van der Waals surface area contributed by atoms with E-state index in [1.807, 2.05) is 53.5 Å². The average molecular weight is 617 g/mol. The van der Waals surface area contributed by atoms with Crippen LogP contribution in [0.4, 0.5) is 0 Å². The van der Waals surface area contributed by atoms with E-state index in [4.69, 9.17) is 14.2 Å². The predicted molar refractivity (Wildman–Crippen MR) is 153 cm³/mol. The normalized spacial score (nSPS) is 25.4. The molecule has 2 fully saturated rings. The number of hydrogen-bond acceptors (Lipinski definition) is 5. The second-order valence-corrected chi connectivity index (χ2v) is 10.8. The largest absolute Gasteiger partial charge is 0.466 e. The van der Waals surface area contributed by atoms with Gasteiger partial charge in [-0.25, -0.2) is 4.79 Å². The highest BCUT2D eigenvalue weighted by Crippen LogP contribution is 2.43. The Balaban J connectivity index is 1.31. The first-order valence-electron chi connectivity index (χ1n) is 13.5. The van der Waals surface area contributed by atoms with Crippen LogP contribution < -0.4 is 0 Å². The number of halogens is 1. The Labute approximate surface area is 234 Å². The van der Waals surface area contributed by atoms with Gasteiger partial charge in [0, 0.05) is 25.4 Å². The number of carbonyl (C=O) groups excluding carboxylic acids is 2. The highest BCUT2D eigenvalue weighted by atomic mass is 127. The molecule has 4 rings (SSSR count). The first kappa shape index (κ1) is 27.8. The molecular weight excluding hydrogens is 579 g/mol. The molecule has 0 radical (unpaired) electrons. The summed E-state index contributed by atoms with van der Waals surface area (Å²) < 4.78 is 19.7. The maximum atomic E-state index is 13.0. The van der Waals surface area contributed by atoms with Crippen LogP contribution in [0.2, 0.25) is 0 Å². The quantitative estimate of drug-likeness (QED) is 0.206. The lowest BCUT2D eigenvalue weighted by atomic mass is 9.86. The van der Waals surface area contributed by atoms with Crippen molar-refractivity contribution in [1.82, 2.24) is 0 Å². The molecule has 1 heterocycles. The van der Waals surface area contributed by atoms with Gasteiger partial charge in [0.15, 0.2) is 0 Å². The molecule has 2 aromatic rings. The first-order chi connectivity index (χ1) is 18.1. The molecule has 6 heteroatoms. The zero-order valence-electron chi connectivity index (χ0n) is 21.5. The third-order valence-electron chi connectivity index (χ3n) is 7.56. The van der Waals surface area contributed by atoms with Gasteiger partial charge in [0.05, 0.1) is 18.3 Å². The van der Waals surface area contributed by atoms with Crippen molar-refractivity contribution in [1.29, 1.82) is 0 Å². The van der Waals surface area contributed by atoms with Crippen molar-refractivity contribution < 1.29 is 23.8 Å². The van der Waals surface area contributed by atoms with Gasteiger partial charge in [0.25, 0.3) is 0 Å². The molecule has 198 valence electrons. The summed E-state index contributed by atoms with van der Waals surface area (Å²) in [4.78, 5) is 24.8. The van der Waals surface area contributed by atoms with Crippen molar-refractivity contribution in [3.05, 3.63) is 70.3 Å². The fourth-order valence-corrected chi connectivity index (χ4v) is 6.07. The number of carbonyl (C=O) groups is 2. The Bertz CT molecular complexity index is 1040. The number of hydrogen-bond donors (Lipinski definition) is 0. The highest BCUT2D eigenvalue weighted by molar-refractivity contribution is 14.1. The fourth-order valence-electron chi connectivity index (χ4n) is 5.59. The summed E-state index contributed by atoms with van der Waals surface area (Å²) in [5.74, 6) is 0.569. The van der Waals surface area contributed by atoms with E-state index in [-0.39, 0.29) is 30.1 Å². The lowest BCUT2D eigenvalue weighted by Gasteiger charge is -2.22. The average Bonchev–Trinajstić information content (AvgIpc) is 3.11. The summed E-state index contributed by atoms with van der Waals surface area (Å²) in [5.41, 5.74) is 2.77. The van der Waals surface area contributed by atoms with Crippen LogP contribution in [0.1, 0.15) is 62.2 Å². The van der Waals surface area contributed by atoms with Gasteiger partial charge < -0.3 is 14.2 Å². The summed E-state index contributed by atoms with van der Waals surface area (Å²) in [6.45, 7) is 3.21. The molecule has 5 unspecified atom stereocenters. The molecule has 1 saturated heterocycles. The van der Waals surface area contributed by atoms with Gasteiger partial charge in [0.2, 0.25) is 0 Å². The fraction of sp³-hybridized carbons (Fsp3) is 0.484. The van der Waals surface area contributed by atoms with Crippen molar-refractivity contribution in [2.75, 3.05) is 13.2 Å². The Hall–Kier alpha value is -2.19. The lowest BCUT2D eigenvalue weighted by molar-refractivity contribution is -0.143. The van der Waals surface area contributed by atoms with Gasteiger partial charge >= 0.3 is 11.9 Å². The van der Waals surface area contributed by atoms with Crippen molar-refractivity contribution >= 4 is 34.5 Å². The second kappa shape index (κ2) is 14.1. The standard InChI is InChI=1S/C31H37IO5/c1-2-19-35-30(33)10-6-7-22-11-16-26-27(17-18-32)29(20-28(26)36-21-22)37-31(34)25-14-12-24(13-15-25)23-8-4-3-5-9-23/h3-5,8-9,12-15,17-18,22,26-29H,2,6-7,10-11,16,19-21H2,1H3. The minimum absolute atomic E-state index is 0.0929. The molecule has 2 aromatic carbocycles. The Morgan fingerprint density at radius 2 is 1.81 bits per heavy atom. The van der Waals surface area contributed by atoms with Crippen molar-refractivity contribution in [2.45, 2.75) is 64.1 Å². The number of esters is 2. The van der Waals surface area contributed by atoms with E-state index in [1.54, 1.807) is 0 Å². The van der Waals surface area contributed by atoms with E-state index in [2.05, 4.69) is 40.8 Å². The number of benzene rings is 2. The highest BCUT2D eigenvalue weighted by Gasteiger charge is 2.46. The van der Waals surface area contributed by atoms with Crippen LogP contribution in [0.3, 0.4) is 0 Å². The molecule has 0 amide bonds. The van der Waals surface area contributed by atoms with Crippen LogP contribution >= 0.6 is 22.6 Å². The smallest absolute Gasteiger partial charge is 0.338 e. The molecule has 0 spiro atoms. The summed E-state index contributed by atoms with van der Waals surface area (Å²) in [5, 5.41) is 0. The summed E-state index contributed by atoms with van der Waals surface area (Å²) in [7, 11) is 0. The van der Waals surface area contributed by atoms with Gasteiger partial charge in [-0.1, -0.05) is 78.1 Å². The number of ether oxygens (including phenoxy) is 3. The third kappa shape index (κ3) is 7.66. The van der Waals surface area contributed by atoms with E-state index in [1.165, 1.54) is 0 Å². The van der Waals surface area contributed by atoms with Crippen molar-refractivity contribution in [2.24, 2.45) is 17.8 Å². The van der Waals surface area contributed by atoms with Crippen LogP contribution in [0.25, 0.3) is 11.1 Å². The lowest BCUT2D eigenvalue weighted by Crippen LogP contribution is -2.24. The molecule has 5 nitrogen and oxygen atoms in total. The first-order valence-corrected chi connectivity index (χ1v) is 14.7. The molecule has 37 heavy (non-hydrogen) atoms. The van der Waals surface area contributed by atoms with Crippen LogP contribution in [0.5, 0.6) is 0 Å². The van der Waals surface area contributed by atoms with Crippen LogP contribution in [-0.4, -0.2) is 37.4 Å². The van der Waals surface area contributed by atoms with Crippen LogP contribution in [-0.2, 0) is 19.0 Å². The van der Waals surface area contributed by atoms with Crippen LogP contribution in [0.15, 0.2) is 64.8 Å². The molecular formula is C31H37IO5. The van der Waals surface area contributed by atoms with Gasteiger partial charge in [0.1, 0.15) is 6.10 Å². The van der Waals surface area contributed by atoms with E-state index in [0.29, 0.717) is 37.0 Å². The molecule has 5 atom stereocenters. The number of rotatable bonds is 10. The van der Waals surface area contributed by atoms with E-state index in [0.717, 1.165) is 49.7 Å². The Morgan fingerprint density at radius 1 is 1.05 bits per heavy atom. The third-order valence-corrected chi connectivity index (χ3v) is 7.98. The zero-order valence-corrected chi connectivity index (χ0v) is 23.7. The minimum atomic E-state index is -0.277. The molecule has 0 N–H and O–H groups in total. The van der Waals surface area contributed by atoms with E-state index in [9.17, 15) is 9.59 Å².